The highest BCUT2D eigenvalue weighted by atomic mass is 79.9. The third kappa shape index (κ3) is 3.28. The molecule has 2 heteroatoms. The van der Waals surface area contributed by atoms with Crippen molar-refractivity contribution in [2.45, 2.75) is 59.4 Å². The minimum Gasteiger partial charge on any atom is -0.382 e. The smallest absolute Gasteiger partial charge is 0.0402 e. The van der Waals surface area contributed by atoms with E-state index < -0.39 is 0 Å². The Labute approximate surface area is 119 Å². The number of halogens is 1. The molecule has 0 aromatic heterocycles. The van der Waals surface area contributed by atoms with E-state index >= 15 is 0 Å². The van der Waals surface area contributed by atoms with Crippen molar-refractivity contribution >= 4 is 21.6 Å². The molecule has 1 aromatic carbocycles. The maximum Gasteiger partial charge on any atom is 0.0402 e. The number of hydrogen-bond donors (Lipinski definition) is 1. The molecule has 18 heavy (non-hydrogen) atoms. The maximum atomic E-state index is 3.76. The lowest BCUT2D eigenvalue weighted by Crippen LogP contribution is -2.30. The zero-order valence-corrected chi connectivity index (χ0v) is 13.5. The van der Waals surface area contributed by atoms with Crippen LogP contribution in [0.5, 0.6) is 0 Å². The number of nitrogens with one attached hydrogen (secondary N) is 1. The van der Waals surface area contributed by atoms with Gasteiger partial charge in [-0.25, -0.2) is 0 Å². The quantitative estimate of drug-likeness (QED) is 0.766. The van der Waals surface area contributed by atoms with Crippen LogP contribution < -0.4 is 5.32 Å². The molecule has 0 atom stereocenters. The van der Waals surface area contributed by atoms with E-state index in [1.54, 1.807) is 0 Å². The Morgan fingerprint density at radius 3 is 2.11 bits per heavy atom. The van der Waals surface area contributed by atoms with Gasteiger partial charge in [-0.15, -0.1) is 0 Å². The minimum atomic E-state index is 0.544. The van der Waals surface area contributed by atoms with E-state index in [1.807, 2.05) is 0 Å². The van der Waals surface area contributed by atoms with Crippen LogP contribution in [0, 0.1) is 19.3 Å². The number of aryl methyl sites for hydroxylation is 2. The Morgan fingerprint density at radius 1 is 1.11 bits per heavy atom. The van der Waals surface area contributed by atoms with E-state index in [1.165, 1.54) is 47.0 Å². The molecular formula is C16H24BrN. The van der Waals surface area contributed by atoms with Gasteiger partial charge in [0.25, 0.3) is 0 Å². The first-order chi connectivity index (χ1) is 8.37. The second kappa shape index (κ2) is 5.24. The fourth-order valence-electron chi connectivity index (χ4n) is 2.89. The van der Waals surface area contributed by atoms with E-state index in [-0.39, 0.29) is 0 Å². The van der Waals surface area contributed by atoms with Gasteiger partial charge in [0.05, 0.1) is 0 Å². The van der Waals surface area contributed by atoms with E-state index in [4.69, 9.17) is 0 Å². The lowest BCUT2D eigenvalue weighted by molar-refractivity contribution is 0.232. The Balaban J connectivity index is 2.07. The molecule has 1 aliphatic rings. The molecule has 0 saturated heterocycles. The molecular weight excluding hydrogens is 286 g/mol. The molecule has 0 bridgehead atoms. The average Bonchev–Trinajstić information content (AvgIpc) is 2.25. The van der Waals surface area contributed by atoms with Gasteiger partial charge in [-0.2, -0.15) is 0 Å². The molecule has 1 N–H and O–H groups in total. The van der Waals surface area contributed by atoms with Crippen molar-refractivity contribution in [2.24, 2.45) is 5.41 Å². The third-order valence-electron chi connectivity index (χ3n) is 4.19. The molecule has 0 aliphatic heterocycles. The molecule has 0 radical (unpaired) electrons. The fraction of sp³-hybridized carbons (Fsp3) is 0.625. The molecule has 0 spiro atoms. The highest BCUT2D eigenvalue weighted by Crippen LogP contribution is 2.37. The Bertz CT molecular complexity index is 404. The summed E-state index contributed by atoms with van der Waals surface area (Å²) >= 11 is 3.56. The van der Waals surface area contributed by atoms with Gasteiger partial charge in [-0.05, 0) is 68.2 Å². The lowest BCUT2D eigenvalue weighted by atomic mass is 9.75. The minimum absolute atomic E-state index is 0.544. The number of anilines is 1. The number of hydrogen-bond acceptors (Lipinski definition) is 1. The van der Waals surface area contributed by atoms with Crippen molar-refractivity contribution in [1.29, 1.82) is 0 Å². The molecule has 1 aliphatic carbocycles. The first-order valence-electron chi connectivity index (χ1n) is 6.91. The Morgan fingerprint density at radius 2 is 1.61 bits per heavy atom. The third-order valence-corrected chi connectivity index (χ3v) is 4.64. The molecule has 1 saturated carbocycles. The fourth-order valence-corrected chi connectivity index (χ4v) is 3.57. The predicted molar refractivity (Wildman–Crippen MR) is 83.3 cm³/mol. The summed E-state index contributed by atoms with van der Waals surface area (Å²) in [5.74, 6) is 0. The summed E-state index contributed by atoms with van der Waals surface area (Å²) in [6, 6.07) is 5.04. The largest absolute Gasteiger partial charge is 0.382 e. The topological polar surface area (TPSA) is 12.0 Å². The summed E-state index contributed by atoms with van der Waals surface area (Å²) in [5.41, 5.74) is 4.56. The zero-order chi connectivity index (χ0) is 13.3. The van der Waals surface area contributed by atoms with Crippen molar-refractivity contribution in [3.05, 3.63) is 27.7 Å². The van der Waals surface area contributed by atoms with Crippen LogP contribution in [0.2, 0.25) is 0 Å². The zero-order valence-electron chi connectivity index (χ0n) is 11.9. The molecule has 1 fully saturated rings. The predicted octanol–water partition coefficient (Wildman–Crippen LogP) is 5.45. The van der Waals surface area contributed by atoms with Crippen molar-refractivity contribution in [3.63, 3.8) is 0 Å². The van der Waals surface area contributed by atoms with Gasteiger partial charge in [0.2, 0.25) is 0 Å². The van der Waals surface area contributed by atoms with Gasteiger partial charge in [0.1, 0.15) is 0 Å². The Hall–Kier alpha value is -0.500. The van der Waals surface area contributed by atoms with Gasteiger partial charge in [0, 0.05) is 16.2 Å². The summed E-state index contributed by atoms with van der Waals surface area (Å²) < 4.78 is 1.17. The van der Waals surface area contributed by atoms with Gasteiger partial charge < -0.3 is 5.32 Å². The molecule has 1 nitrogen and oxygen atoms in total. The van der Waals surface area contributed by atoms with Crippen molar-refractivity contribution < 1.29 is 0 Å². The SMILES string of the molecule is Cc1cc(Br)cc(C)c1NC1CCC(C)(C)CC1. The molecule has 0 unspecified atom stereocenters. The summed E-state index contributed by atoms with van der Waals surface area (Å²) in [7, 11) is 0. The van der Waals surface area contributed by atoms with E-state index in [2.05, 4.69) is 61.1 Å². The summed E-state index contributed by atoms with van der Waals surface area (Å²) in [4.78, 5) is 0. The van der Waals surface area contributed by atoms with Crippen molar-refractivity contribution in [2.75, 3.05) is 5.32 Å². The van der Waals surface area contributed by atoms with Crippen LogP contribution in [-0.2, 0) is 0 Å². The summed E-state index contributed by atoms with van der Waals surface area (Å²) in [5, 5.41) is 3.76. The van der Waals surface area contributed by atoms with Crippen LogP contribution in [0.25, 0.3) is 0 Å². The maximum absolute atomic E-state index is 3.76. The normalized spacial score (nSPS) is 19.8. The first kappa shape index (κ1) is 13.9. The van der Waals surface area contributed by atoms with E-state index in [0.717, 1.165) is 0 Å². The molecule has 100 valence electrons. The highest BCUT2D eigenvalue weighted by molar-refractivity contribution is 9.10. The highest BCUT2D eigenvalue weighted by Gasteiger charge is 2.27. The molecule has 0 amide bonds. The monoisotopic (exact) mass is 309 g/mol. The van der Waals surface area contributed by atoms with Crippen molar-refractivity contribution in [3.8, 4) is 0 Å². The van der Waals surface area contributed by atoms with Crippen LogP contribution in [0.4, 0.5) is 5.69 Å². The molecule has 2 rings (SSSR count). The van der Waals surface area contributed by atoms with Gasteiger partial charge in [-0.3, -0.25) is 0 Å². The van der Waals surface area contributed by atoms with E-state index in [9.17, 15) is 0 Å². The standard InChI is InChI=1S/C16H24BrN/c1-11-9-13(17)10-12(2)15(11)18-14-5-7-16(3,4)8-6-14/h9-10,14,18H,5-8H2,1-4H3. The average molecular weight is 310 g/mol. The van der Waals surface area contributed by atoms with Crippen LogP contribution in [0.3, 0.4) is 0 Å². The lowest BCUT2D eigenvalue weighted by Gasteiger charge is -2.35. The van der Waals surface area contributed by atoms with Gasteiger partial charge in [0.15, 0.2) is 0 Å². The molecule has 1 aromatic rings. The van der Waals surface area contributed by atoms with Gasteiger partial charge in [-0.1, -0.05) is 29.8 Å². The van der Waals surface area contributed by atoms with Gasteiger partial charge >= 0.3 is 0 Å². The van der Waals surface area contributed by atoms with Crippen LogP contribution in [-0.4, -0.2) is 6.04 Å². The number of rotatable bonds is 2. The summed E-state index contributed by atoms with van der Waals surface area (Å²) in [6.07, 6.45) is 5.25. The van der Waals surface area contributed by atoms with Crippen LogP contribution in [0.15, 0.2) is 16.6 Å². The van der Waals surface area contributed by atoms with E-state index in [0.29, 0.717) is 11.5 Å². The van der Waals surface area contributed by atoms with Crippen LogP contribution >= 0.6 is 15.9 Å². The second-order valence-corrected chi connectivity index (χ2v) is 7.41. The van der Waals surface area contributed by atoms with Crippen LogP contribution in [0.1, 0.15) is 50.7 Å². The first-order valence-corrected chi connectivity index (χ1v) is 7.70. The second-order valence-electron chi connectivity index (χ2n) is 6.50. The summed E-state index contributed by atoms with van der Waals surface area (Å²) in [6.45, 7) is 9.15. The van der Waals surface area contributed by atoms with Crippen molar-refractivity contribution in [1.82, 2.24) is 0 Å². The molecule has 0 heterocycles. The number of benzene rings is 1. The Kier molecular flexibility index (Phi) is 4.05.